The van der Waals surface area contributed by atoms with Crippen LogP contribution >= 0.6 is 0 Å². The first-order valence-corrected chi connectivity index (χ1v) is 12.5. The Bertz CT molecular complexity index is 426. The van der Waals surface area contributed by atoms with Crippen molar-refractivity contribution in [3.05, 3.63) is 36.5 Å². The standard InChI is InChI=1S/C20H36N2.C3H4.2C2H6.CH5N/c1-4-5-10-13-17(2)19-16-20(22-19)18(3)14-11-8-6-7-9-12-15-21;1-3-2;3*1-2/h4-5,10,13,18-20,22H,1,6-9,11-12,14-16,21H2,2-3H3;1H,2H3;2*1-2H3;2H2,1H3/b10-5-,17-13+;;;;. The van der Waals surface area contributed by atoms with Crippen molar-refractivity contribution in [3.63, 3.8) is 0 Å². The molecule has 0 saturated carbocycles. The fourth-order valence-electron chi connectivity index (χ4n) is 3.12. The maximum Gasteiger partial charge on any atom is 0.0297 e. The molecule has 5 N–H and O–H groups in total. The molecule has 1 rings (SSSR count). The summed E-state index contributed by atoms with van der Waals surface area (Å²) in [6.45, 7) is 18.8. The molecule has 1 saturated heterocycles. The lowest BCUT2D eigenvalue weighted by Gasteiger charge is -2.42. The van der Waals surface area contributed by atoms with Gasteiger partial charge in [0.2, 0.25) is 0 Å². The van der Waals surface area contributed by atoms with Crippen LogP contribution in [0.3, 0.4) is 0 Å². The van der Waals surface area contributed by atoms with Gasteiger partial charge in [0.15, 0.2) is 0 Å². The second-order valence-electron chi connectivity index (χ2n) is 7.06. The zero-order valence-electron chi connectivity index (χ0n) is 22.3. The third-order valence-electron chi connectivity index (χ3n) is 4.86. The Morgan fingerprint density at radius 1 is 1.06 bits per heavy atom. The quantitative estimate of drug-likeness (QED) is 0.176. The summed E-state index contributed by atoms with van der Waals surface area (Å²) in [4.78, 5) is 0. The Kier molecular flexibility index (Phi) is 39.7. The molecule has 1 aliphatic heterocycles. The highest BCUT2D eigenvalue weighted by Gasteiger charge is 2.32. The van der Waals surface area contributed by atoms with Gasteiger partial charge in [0, 0.05) is 12.1 Å². The van der Waals surface area contributed by atoms with E-state index in [-0.39, 0.29) is 0 Å². The average Bonchev–Trinajstić information content (AvgIpc) is 2.77. The van der Waals surface area contributed by atoms with Crippen LogP contribution in [0, 0.1) is 18.3 Å². The van der Waals surface area contributed by atoms with Gasteiger partial charge in [0.05, 0.1) is 0 Å². The normalized spacial score (nSPS) is 17.5. The van der Waals surface area contributed by atoms with E-state index < -0.39 is 0 Å². The monoisotopic (exact) mass is 435 g/mol. The Hall–Kier alpha value is -1.34. The summed E-state index contributed by atoms with van der Waals surface area (Å²) in [5, 5.41) is 3.73. The van der Waals surface area contributed by atoms with Gasteiger partial charge in [0.1, 0.15) is 0 Å². The summed E-state index contributed by atoms with van der Waals surface area (Å²) in [6.07, 6.45) is 23.3. The minimum absolute atomic E-state index is 0.582. The summed E-state index contributed by atoms with van der Waals surface area (Å²) in [6, 6.07) is 1.30. The van der Waals surface area contributed by atoms with E-state index in [9.17, 15) is 0 Å². The van der Waals surface area contributed by atoms with Crippen LogP contribution < -0.4 is 16.8 Å². The molecule has 0 radical (unpaired) electrons. The number of terminal acetylenes is 1. The lowest BCUT2D eigenvalue weighted by atomic mass is 9.82. The first-order chi connectivity index (χ1) is 15.1. The summed E-state index contributed by atoms with van der Waals surface area (Å²) in [7, 11) is 1.50. The number of unbranched alkanes of at least 4 members (excludes halogenated alkanes) is 5. The smallest absolute Gasteiger partial charge is 0.0297 e. The Balaban J connectivity index is -0.000000354. The van der Waals surface area contributed by atoms with E-state index in [0.29, 0.717) is 12.1 Å². The van der Waals surface area contributed by atoms with Crippen LogP contribution in [0.5, 0.6) is 0 Å². The van der Waals surface area contributed by atoms with Gasteiger partial charge in [-0.3, -0.25) is 0 Å². The van der Waals surface area contributed by atoms with Gasteiger partial charge in [-0.15, -0.1) is 12.3 Å². The summed E-state index contributed by atoms with van der Waals surface area (Å²) in [5.41, 5.74) is 11.4. The van der Waals surface area contributed by atoms with Crippen molar-refractivity contribution in [1.82, 2.24) is 5.32 Å². The molecule has 0 bridgehead atoms. The highest BCUT2D eigenvalue weighted by Crippen LogP contribution is 2.27. The summed E-state index contributed by atoms with van der Waals surface area (Å²) in [5.74, 6) is 3.05. The molecule has 3 atom stereocenters. The molecule has 0 aromatic heterocycles. The highest BCUT2D eigenvalue weighted by atomic mass is 15.0. The Morgan fingerprint density at radius 3 is 1.97 bits per heavy atom. The van der Waals surface area contributed by atoms with Gasteiger partial charge in [-0.05, 0) is 52.6 Å². The summed E-state index contributed by atoms with van der Waals surface area (Å²) >= 11 is 0. The van der Waals surface area contributed by atoms with Crippen LogP contribution in [0.15, 0.2) is 36.5 Å². The molecule has 1 heterocycles. The molecule has 3 nitrogen and oxygen atoms in total. The van der Waals surface area contributed by atoms with Gasteiger partial charge in [-0.1, -0.05) is 103 Å². The van der Waals surface area contributed by atoms with Crippen LogP contribution in [0.2, 0.25) is 0 Å². The number of nitrogens with two attached hydrogens (primary N) is 2. The minimum Gasteiger partial charge on any atom is -0.333 e. The van der Waals surface area contributed by atoms with Crippen molar-refractivity contribution >= 4 is 0 Å². The van der Waals surface area contributed by atoms with Crippen LogP contribution in [0.25, 0.3) is 0 Å². The molecule has 31 heavy (non-hydrogen) atoms. The van der Waals surface area contributed by atoms with Gasteiger partial charge in [0.25, 0.3) is 0 Å². The molecular weight excluding hydrogens is 378 g/mol. The molecule has 0 aromatic rings. The molecule has 3 unspecified atom stereocenters. The van der Waals surface area contributed by atoms with Crippen molar-refractivity contribution in [2.45, 2.75) is 112 Å². The van der Waals surface area contributed by atoms with Gasteiger partial charge < -0.3 is 16.8 Å². The summed E-state index contributed by atoms with van der Waals surface area (Å²) < 4.78 is 0. The third-order valence-corrected chi connectivity index (χ3v) is 4.86. The Labute approximate surface area is 197 Å². The molecule has 1 aliphatic rings. The molecular formula is C28H57N3. The fourth-order valence-corrected chi connectivity index (χ4v) is 3.12. The second kappa shape index (κ2) is 33.3. The average molecular weight is 436 g/mol. The van der Waals surface area contributed by atoms with E-state index >= 15 is 0 Å². The molecule has 0 aliphatic carbocycles. The lowest BCUT2D eigenvalue weighted by Crippen LogP contribution is -2.55. The second-order valence-corrected chi connectivity index (χ2v) is 7.06. The van der Waals surface area contributed by atoms with E-state index in [1.165, 1.54) is 64.0 Å². The first-order valence-electron chi connectivity index (χ1n) is 12.5. The van der Waals surface area contributed by atoms with Crippen molar-refractivity contribution in [2.75, 3.05) is 13.6 Å². The van der Waals surface area contributed by atoms with E-state index in [0.717, 1.165) is 12.5 Å². The van der Waals surface area contributed by atoms with Crippen LogP contribution in [-0.2, 0) is 0 Å². The third kappa shape index (κ3) is 24.8. The van der Waals surface area contributed by atoms with E-state index in [4.69, 9.17) is 5.73 Å². The highest BCUT2D eigenvalue weighted by molar-refractivity contribution is 5.21. The van der Waals surface area contributed by atoms with Crippen LogP contribution in [0.1, 0.15) is 99.8 Å². The SMILES string of the molecule is C#CC.C=C/C=C\C=C(/C)C1CC(C(C)CCCCCCCCN)N1.CC.CC.CN. The largest absolute Gasteiger partial charge is 0.333 e. The number of hydrogen-bond acceptors (Lipinski definition) is 3. The molecule has 184 valence electrons. The van der Waals surface area contributed by atoms with Crippen LogP contribution in [0.4, 0.5) is 0 Å². The van der Waals surface area contributed by atoms with Crippen molar-refractivity contribution in [3.8, 4) is 12.3 Å². The van der Waals surface area contributed by atoms with Gasteiger partial charge in [-0.25, -0.2) is 0 Å². The van der Waals surface area contributed by atoms with E-state index in [1.54, 1.807) is 6.92 Å². The van der Waals surface area contributed by atoms with E-state index in [1.807, 2.05) is 39.8 Å². The number of hydrogen-bond donors (Lipinski definition) is 3. The molecule has 0 aromatic carbocycles. The number of nitrogens with one attached hydrogen (secondary N) is 1. The maximum absolute atomic E-state index is 5.51. The molecule has 0 amide bonds. The molecule has 3 heteroatoms. The first kappa shape index (κ1) is 37.0. The fraction of sp³-hybridized carbons (Fsp3) is 0.714. The maximum atomic E-state index is 5.51. The van der Waals surface area contributed by atoms with Gasteiger partial charge >= 0.3 is 0 Å². The number of allylic oxidation sites excluding steroid dienone is 4. The predicted molar refractivity (Wildman–Crippen MR) is 146 cm³/mol. The number of rotatable bonds is 12. The minimum atomic E-state index is 0.582. The van der Waals surface area contributed by atoms with Crippen molar-refractivity contribution in [2.24, 2.45) is 17.4 Å². The zero-order chi connectivity index (χ0) is 24.9. The van der Waals surface area contributed by atoms with Crippen molar-refractivity contribution in [1.29, 1.82) is 0 Å². The van der Waals surface area contributed by atoms with Crippen LogP contribution in [-0.4, -0.2) is 25.7 Å². The van der Waals surface area contributed by atoms with Crippen molar-refractivity contribution < 1.29 is 0 Å². The van der Waals surface area contributed by atoms with Gasteiger partial charge in [-0.2, -0.15) is 0 Å². The van der Waals surface area contributed by atoms with E-state index in [2.05, 4.69) is 56.0 Å². The topological polar surface area (TPSA) is 64.1 Å². The lowest BCUT2D eigenvalue weighted by molar-refractivity contribution is 0.212. The predicted octanol–water partition coefficient (Wildman–Crippen LogP) is 7.00. The molecule has 0 spiro atoms. The zero-order valence-corrected chi connectivity index (χ0v) is 22.3. The molecule has 1 fully saturated rings. The Morgan fingerprint density at radius 2 is 1.52 bits per heavy atom.